The Labute approximate surface area is 95.6 Å². The highest BCUT2D eigenvalue weighted by Gasteiger charge is 1.93. The average molecular weight is 229 g/mol. The first-order chi connectivity index (χ1) is 7.33. The van der Waals surface area contributed by atoms with Crippen LogP contribution in [0.15, 0.2) is 24.3 Å². The molecule has 0 unspecified atom stereocenters. The van der Waals surface area contributed by atoms with Crippen molar-refractivity contribution in [2.75, 3.05) is 26.2 Å². The molecule has 84 valence electrons. The first-order valence-electron chi connectivity index (χ1n) is 5.06. The van der Waals surface area contributed by atoms with Gasteiger partial charge in [-0.15, -0.1) is 0 Å². The van der Waals surface area contributed by atoms with Crippen molar-refractivity contribution in [3.8, 4) is 0 Å². The second-order valence-corrected chi connectivity index (χ2v) is 3.65. The lowest BCUT2D eigenvalue weighted by Crippen LogP contribution is -2.25. The molecule has 0 spiro atoms. The summed E-state index contributed by atoms with van der Waals surface area (Å²) in [5.74, 6) is 0. The molecule has 1 aromatic rings. The molecule has 4 heteroatoms. The van der Waals surface area contributed by atoms with Crippen LogP contribution in [0, 0.1) is 0 Å². The zero-order valence-electron chi connectivity index (χ0n) is 8.71. The van der Waals surface area contributed by atoms with Crippen LogP contribution in [0.2, 0.25) is 5.02 Å². The Hall–Kier alpha value is -0.610. The van der Waals surface area contributed by atoms with Crippen molar-refractivity contribution in [2.45, 2.75) is 6.61 Å². The van der Waals surface area contributed by atoms with E-state index in [1.54, 1.807) is 0 Å². The Morgan fingerprint density at radius 3 is 2.60 bits per heavy atom. The van der Waals surface area contributed by atoms with Gasteiger partial charge in [-0.05, 0) is 17.7 Å². The molecule has 0 aromatic heterocycles. The Morgan fingerprint density at radius 2 is 1.93 bits per heavy atom. The minimum Gasteiger partial charge on any atom is -0.375 e. The maximum atomic E-state index is 5.77. The predicted molar refractivity (Wildman–Crippen MR) is 63.0 cm³/mol. The molecular formula is C11H17ClN2O. The molecule has 0 radical (unpaired) electrons. The second-order valence-electron chi connectivity index (χ2n) is 3.22. The van der Waals surface area contributed by atoms with Gasteiger partial charge in [0, 0.05) is 24.7 Å². The van der Waals surface area contributed by atoms with E-state index < -0.39 is 0 Å². The van der Waals surface area contributed by atoms with Crippen molar-refractivity contribution in [2.24, 2.45) is 5.73 Å². The lowest BCUT2D eigenvalue weighted by Gasteiger charge is -2.05. The SMILES string of the molecule is NCCNCCOCc1ccc(Cl)cc1. The highest BCUT2D eigenvalue weighted by Crippen LogP contribution is 2.09. The quantitative estimate of drug-likeness (QED) is 0.694. The third kappa shape index (κ3) is 5.74. The summed E-state index contributed by atoms with van der Waals surface area (Å²) in [5.41, 5.74) is 6.47. The summed E-state index contributed by atoms with van der Waals surface area (Å²) in [6.45, 7) is 3.66. The van der Waals surface area contributed by atoms with Crippen LogP contribution in [0.3, 0.4) is 0 Å². The fraction of sp³-hybridized carbons (Fsp3) is 0.455. The molecule has 0 aliphatic heterocycles. The molecule has 1 rings (SSSR count). The van der Waals surface area contributed by atoms with E-state index in [0.29, 0.717) is 19.8 Å². The van der Waals surface area contributed by atoms with Gasteiger partial charge in [-0.25, -0.2) is 0 Å². The summed E-state index contributed by atoms with van der Waals surface area (Å²) in [6, 6.07) is 7.67. The van der Waals surface area contributed by atoms with Gasteiger partial charge in [0.15, 0.2) is 0 Å². The summed E-state index contributed by atoms with van der Waals surface area (Å²) in [7, 11) is 0. The fourth-order valence-electron chi connectivity index (χ4n) is 1.14. The maximum Gasteiger partial charge on any atom is 0.0717 e. The monoisotopic (exact) mass is 228 g/mol. The highest BCUT2D eigenvalue weighted by molar-refractivity contribution is 6.30. The average Bonchev–Trinajstić information content (AvgIpc) is 2.26. The molecule has 0 amide bonds. The van der Waals surface area contributed by atoms with Gasteiger partial charge in [0.2, 0.25) is 0 Å². The zero-order chi connectivity index (χ0) is 10.9. The molecule has 0 fully saturated rings. The van der Waals surface area contributed by atoms with Gasteiger partial charge >= 0.3 is 0 Å². The minimum absolute atomic E-state index is 0.626. The summed E-state index contributed by atoms with van der Waals surface area (Å²) >= 11 is 5.77. The molecular weight excluding hydrogens is 212 g/mol. The van der Waals surface area contributed by atoms with Crippen molar-refractivity contribution in [3.63, 3.8) is 0 Å². The van der Waals surface area contributed by atoms with Gasteiger partial charge in [-0.2, -0.15) is 0 Å². The van der Waals surface area contributed by atoms with Crippen molar-refractivity contribution in [1.82, 2.24) is 5.32 Å². The third-order valence-corrected chi connectivity index (χ3v) is 2.18. The number of nitrogens with two attached hydrogens (primary N) is 1. The molecule has 15 heavy (non-hydrogen) atoms. The van der Waals surface area contributed by atoms with E-state index in [2.05, 4.69) is 5.32 Å². The topological polar surface area (TPSA) is 47.3 Å². The number of hydrogen-bond donors (Lipinski definition) is 2. The Bertz CT molecular complexity index is 264. The molecule has 0 heterocycles. The van der Waals surface area contributed by atoms with E-state index in [0.717, 1.165) is 23.7 Å². The number of rotatable bonds is 7. The first-order valence-corrected chi connectivity index (χ1v) is 5.43. The van der Waals surface area contributed by atoms with E-state index in [1.165, 1.54) is 0 Å². The summed E-state index contributed by atoms with van der Waals surface area (Å²) in [5, 5.41) is 3.91. The molecule has 0 aliphatic carbocycles. The van der Waals surface area contributed by atoms with E-state index in [1.807, 2.05) is 24.3 Å². The van der Waals surface area contributed by atoms with Crippen LogP contribution in [0.25, 0.3) is 0 Å². The number of ether oxygens (including phenoxy) is 1. The highest BCUT2D eigenvalue weighted by atomic mass is 35.5. The van der Waals surface area contributed by atoms with Gasteiger partial charge in [0.1, 0.15) is 0 Å². The van der Waals surface area contributed by atoms with Crippen LogP contribution >= 0.6 is 11.6 Å². The molecule has 1 aromatic carbocycles. The number of halogens is 1. The van der Waals surface area contributed by atoms with Crippen LogP contribution in [-0.4, -0.2) is 26.2 Å². The lowest BCUT2D eigenvalue weighted by molar-refractivity contribution is 0.123. The molecule has 0 atom stereocenters. The fourth-order valence-corrected chi connectivity index (χ4v) is 1.27. The van der Waals surface area contributed by atoms with Gasteiger partial charge in [0.05, 0.1) is 13.2 Å². The molecule has 3 N–H and O–H groups in total. The van der Waals surface area contributed by atoms with Crippen LogP contribution in [0.1, 0.15) is 5.56 Å². The van der Waals surface area contributed by atoms with Crippen LogP contribution in [0.4, 0.5) is 0 Å². The Kier molecular flexibility index (Phi) is 6.36. The summed E-state index contributed by atoms with van der Waals surface area (Å²) in [4.78, 5) is 0. The number of nitrogens with one attached hydrogen (secondary N) is 1. The number of benzene rings is 1. The van der Waals surface area contributed by atoms with E-state index in [9.17, 15) is 0 Å². The van der Waals surface area contributed by atoms with Crippen molar-refractivity contribution in [3.05, 3.63) is 34.9 Å². The molecule has 0 saturated heterocycles. The van der Waals surface area contributed by atoms with E-state index in [4.69, 9.17) is 22.1 Å². The Balaban J connectivity index is 2.07. The van der Waals surface area contributed by atoms with Crippen LogP contribution < -0.4 is 11.1 Å². The molecule has 0 bridgehead atoms. The molecule has 3 nitrogen and oxygen atoms in total. The standard InChI is InChI=1S/C11H17ClN2O/c12-11-3-1-10(2-4-11)9-15-8-7-14-6-5-13/h1-4,14H,5-9,13H2. The maximum absolute atomic E-state index is 5.77. The smallest absolute Gasteiger partial charge is 0.0717 e. The third-order valence-electron chi connectivity index (χ3n) is 1.93. The van der Waals surface area contributed by atoms with Gasteiger partial charge in [-0.1, -0.05) is 23.7 Å². The summed E-state index contributed by atoms with van der Waals surface area (Å²) in [6.07, 6.45) is 0. The molecule has 0 saturated carbocycles. The minimum atomic E-state index is 0.626. The zero-order valence-corrected chi connectivity index (χ0v) is 9.46. The predicted octanol–water partition coefficient (Wildman–Crippen LogP) is 1.40. The lowest BCUT2D eigenvalue weighted by atomic mass is 10.2. The molecule has 0 aliphatic rings. The van der Waals surface area contributed by atoms with Gasteiger partial charge in [-0.3, -0.25) is 0 Å². The van der Waals surface area contributed by atoms with Crippen molar-refractivity contribution >= 4 is 11.6 Å². The van der Waals surface area contributed by atoms with Gasteiger partial charge in [0.25, 0.3) is 0 Å². The second kappa shape index (κ2) is 7.65. The van der Waals surface area contributed by atoms with Crippen molar-refractivity contribution in [1.29, 1.82) is 0 Å². The van der Waals surface area contributed by atoms with E-state index in [-0.39, 0.29) is 0 Å². The van der Waals surface area contributed by atoms with Crippen molar-refractivity contribution < 1.29 is 4.74 Å². The number of hydrogen-bond acceptors (Lipinski definition) is 3. The largest absolute Gasteiger partial charge is 0.375 e. The first kappa shape index (κ1) is 12.5. The van der Waals surface area contributed by atoms with Gasteiger partial charge < -0.3 is 15.8 Å². The van der Waals surface area contributed by atoms with Crippen LogP contribution in [0.5, 0.6) is 0 Å². The Morgan fingerprint density at radius 1 is 1.20 bits per heavy atom. The van der Waals surface area contributed by atoms with E-state index >= 15 is 0 Å². The summed E-state index contributed by atoms with van der Waals surface area (Å²) < 4.78 is 5.46. The van der Waals surface area contributed by atoms with Crippen LogP contribution in [-0.2, 0) is 11.3 Å². The normalized spacial score (nSPS) is 10.5.